The molecule has 0 radical (unpaired) electrons. The summed E-state index contributed by atoms with van der Waals surface area (Å²) >= 11 is 6.21. The molecule has 1 unspecified atom stereocenters. The van der Waals surface area contributed by atoms with Crippen LogP contribution in [0.2, 0.25) is 5.02 Å². The molecule has 3 aromatic rings. The Morgan fingerprint density at radius 2 is 1.60 bits per heavy atom. The third kappa shape index (κ3) is 5.08. The van der Waals surface area contributed by atoms with Gasteiger partial charge in [0, 0.05) is 13.6 Å². The molecular weight excluding hydrogens is 420 g/mol. The number of amides is 1. The molecule has 30 heavy (non-hydrogen) atoms. The fourth-order valence-electron chi connectivity index (χ4n) is 3.04. The SMILES string of the molecule is CC(NC(=O)c1cc(S(=O)(=O)N(C)Cc2ccccc2)ccc1Cl)c1ccccc1. The van der Waals surface area contributed by atoms with Crippen LogP contribution in [-0.4, -0.2) is 25.7 Å². The molecule has 0 aromatic heterocycles. The highest BCUT2D eigenvalue weighted by Crippen LogP contribution is 2.24. The third-order valence-electron chi connectivity index (χ3n) is 4.79. The van der Waals surface area contributed by atoms with E-state index in [1.165, 1.54) is 29.6 Å². The molecule has 0 fully saturated rings. The second-order valence-electron chi connectivity index (χ2n) is 6.99. The Kier molecular flexibility index (Phi) is 6.92. The maximum Gasteiger partial charge on any atom is 0.253 e. The van der Waals surface area contributed by atoms with E-state index in [0.717, 1.165) is 11.1 Å². The van der Waals surface area contributed by atoms with E-state index in [2.05, 4.69) is 5.32 Å². The number of sulfonamides is 1. The Morgan fingerprint density at radius 3 is 2.23 bits per heavy atom. The van der Waals surface area contributed by atoms with Crippen LogP contribution in [-0.2, 0) is 16.6 Å². The van der Waals surface area contributed by atoms with Crippen LogP contribution in [0.3, 0.4) is 0 Å². The van der Waals surface area contributed by atoms with Crippen LogP contribution in [0.15, 0.2) is 83.8 Å². The van der Waals surface area contributed by atoms with E-state index in [1.807, 2.05) is 67.6 Å². The molecule has 0 spiro atoms. The standard InChI is InChI=1S/C23H23ClN2O3S/c1-17(19-11-7-4-8-12-19)25-23(27)21-15-20(13-14-22(21)24)30(28,29)26(2)16-18-9-5-3-6-10-18/h3-15,17H,16H2,1-2H3,(H,25,27). The van der Waals surface area contributed by atoms with Crippen LogP contribution >= 0.6 is 11.6 Å². The first-order valence-corrected chi connectivity index (χ1v) is 11.3. The first kappa shape index (κ1) is 22.0. The summed E-state index contributed by atoms with van der Waals surface area (Å²) in [6, 6.07) is 22.7. The topological polar surface area (TPSA) is 66.5 Å². The van der Waals surface area contributed by atoms with Gasteiger partial charge in [-0.15, -0.1) is 0 Å². The summed E-state index contributed by atoms with van der Waals surface area (Å²) < 4.78 is 27.3. The van der Waals surface area contributed by atoms with Gasteiger partial charge in [-0.2, -0.15) is 4.31 Å². The van der Waals surface area contributed by atoms with Gasteiger partial charge in [0.25, 0.3) is 5.91 Å². The number of carbonyl (C=O) groups excluding carboxylic acids is 1. The predicted molar refractivity (Wildman–Crippen MR) is 119 cm³/mol. The zero-order chi connectivity index (χ0) is 21.7. The second-order valence-corrected chi connectivity index (χ2v) is 9.45. The molecule has 0 aliphatic rings. The van der Waals surface area contributed by atoms with Gasteiger partial charge >= 0.3 is 0 Å². The molecule has 0 bridgehead atoms. The van der Waals surface area contributed by atoms with Crippen LogP contribution in [0.5, 0.6) is 0 Å². The van der Waals surface area contributed by atoms with E-state index < -0.39 is 15.9 Å². The largest absolute Gasteiger partial charge is 0.345 e. The summed E-state index contributed by atoms with van der Waals surface area (Å²) in [5, 5.41) is 3.06. The van der Waals surface area contributed by atoms with E-state index in [9.17, 15) is 13.2 Å². The lowest BCUT2D eigenvalue weighted by molar-refractivity contribution is 0.0940. The van der Waals surface area contributed by atoms with Crippen molar-refractivity contribution < 1.29 is 13.2 Å². The molecule has 3 aromatic carbocycles. The van der Waals surface area contributed by atoms with E-state index >= 15 is 0 Å². The van der Waals surface area contributed by atoms with Crippen molar-refractivity contribution in [1.82, 2.24) is 9.62 Å². The summed E-state index contributed by atoms with van der Waals surface area (Å²) in [5.41, 5.74) is 1.93. The molecular formula is C23H23ClN2O3S. The number of halogens is 1. The summed E-state index contributed by atoms with van der Waals surface area (Å²) in [4.78, 5) is 12.8. The minimum Gasteiger partial charge on any atom is -0.345 e. The van der Waals surface area contributed by atoms with Gasteiger partial charge in [-0.1, -0.05) is 72.3 Å². The first-order chi connectivity index (χ1) is 14.3. The van der Waals surface area contributed by atoms with Crippen LogP contribution in [0.4, 0.5) is 0 Å². The van der Waals surface area contributed by atoms with E-state index in [0.29, 0.717) is 0 Å². The van der Waals surface area contributed by atoms with Gasteiger partial charge in [0.05, 0.1) is 21.5 Å². The summed E-state index contributed by atoms with van der Waals surface area (Å²) in [6.45, 7) is 2.08. The van der Waals surface area contributed by atoms with Gasteiger partial charge in [0.2, 0.25) is 10.0 Å². The van der Waals surface area contributed by atoms with Crippen molar-refractivity contribution >= 4 is 27.5 Å². The van der Waals surface area contributed by atoms with Crippen LogP contribution < -0.4 is 5.32 Å². The molecule has 1 N–H and O–H groups in total. The molecule has 0 saturated heterocycles. The molecule has 156 valence electrons. The highest BCUT2D eigenvalue weighted by atomic mass is 35.5. The van der Waals surface area contributed by atoms with Crippen LogP contribution in [0, 0.1) is 0 Å². The van der Waals surface area contributed by atoms with Gasteiger partial charge in [0.1, 0.15) is 0 Å². The van der Waals surface area contributed by atoms with Gasteiger partial charge in [-0.3, -0.25) is 4.79 Å². The Balaban J connectivity index is 1.82. The van der Waals surface area contributed by atoms with Crippen molar-refractivity contribution in [2.24, 2.45) is 0 Å². The average Bonchev–Trinajstić information content (AvgIpc) is 2.75. The number of hydrogen-bond acceptors (Lipinski definition) is 3. The molecule has 5 nitrogen and oxygen atoms in total. The number of rotatable bonds is 7. The third-order valence-corrected chi connectivity index (χ3v) is 6.91. The molecule has 3 rings (SSSR count). The normalized spacial score (nSPS) is 12.5. The Morgan fingerprint density at radius 1 is 1.00 bits per heavy atom. The Labute approximate surface area is 182 Å². The van der Waals surface area contributed by atoms with Gasteiger partial charge in [-0.25, -0.2) is 8.42 Å². The lowest BCUT2D eigenvalue weighted by Gasteiger charge is -2.19. The quantitative estimate of drug-likeness (QED) is 0.579. The van der Waals surface area contributed by atoms with Crippen molar-refractivity contribution in [2.45, 2.75) is 24.4 Å². The van der Waals surface area contributed by atoms with Crippen molar-refractivity contribution in [3.05, 3.63) is 101 Å². The molecule has 1 atom stereocenters. The monoisotopic (exact) mass is 442 g/mol. The van der Waals surface area contributed by atoms with Crippen LogP contribution in [0.1, 0.15) is 34.5 Å². The summed E-state index contributed by atoms with van der Waals surface area (Å²) in [5.74, 6) is -0.431. The number of benzene rings is 3. The second kappa shape index (κ2) is 9.43. The van der Waals surface area contributed by atoms with Crippen molar-refractivity contribution in [1.29, 1.82) is 0 Å². The number of nitrogens with zero attached hydrogens (tertiary/aromatic N) is 1. The minimum atomic E-state index is -3.80. The van der Waals surface area contributed by atoms with E-state index in [4.69, 9.17) is 11.6 Å². The maximum absolute atomic E-state index is 13.0. The highest BCUT2D eigenvalue weighted by molar-refractivity contribution is 7.89. The van der Waals surface area contributed by atoms with Gasteiger partial charge < -0.3 is 5.32 Å². The molecule has 1 amide bonds. The molecule has 0 aliphatic carbocycles. The fraction of sp³-hybridized carbons (Fsp3) is 0.174. The molecule has 0 aliphatic heterocycles. The lowest BCUT2D eigenvalue weighted by Crippen LogP contribution is -2.29. The first-order valence-electron chi connectivity index (χ1n) is 9.44. The van der Waals surface area contributed by atoms with Gasteiger partial charge in [0.15, 0.2) is 0 Å². The maximum atomic E-state index is 13.0. The minimum absolute atomic E-state index is 0.0165. The zero-order valence-corrected chi connectivity index (χ0v) is 18.3. The average molecular weight is 443 g/mol. The fourth-order valence-corrected chi connectivity index (χ4v) is 4.43. The zero-order valence-electron chi connectivity index (χ0n) is 16.7. The molecule has 0 heterocycles. The predicted octanol–water partition coefficient (Wildman–Crippen LogP) is 4.65. The number of carbonyl (C=O) groups is 1. The van der Waals surface area contributed by atoms with Gasteiger partial charge in [-0.05, 0) is 36.2 Å². The number of nitrogens with one attached hydrogen (secondary N) is 1. The van der Waals surface area contributed by atoms with Crippen LogP contribution in [0.25, 0.3) is 0 Å². The number of hydrogen-bond donors (Lipinski definition) is 1. The van der Waals surface area contributed by atoms with Crippen molar-refractivity contribution in [2.75, 3.05) is 7.05 Å². The molecule has 7 heteroatoms. The summed E-state index contributed by atoms with van der Waals surface area (Å²) in [7, 11) is -2.29. The smallest absolute Gasteiger partial charge is 0.253 e. The molecule has 0 saturated carbocycles. The summed E-state index contributed by atoms with van der Waals surface area (Å²) in [6.07, 6.45) is 0. The highest BCUT2D eigenvalue weighted by Gasteiger charge is 2.24. The van der Waals surface area contributed by atoms with E-state index in [1.54, 1.807) is 0 Å². The Hall–Kier alpha value is -2.67. The van der Waals surface area contributed by atoms with E-state index in [-0.39, 0.29) is 28.1 Å². The Bertz CT molecular complexity index is 1120. The lowest BCUT2D eigenvalue weighted by atomic mass is 10.1. The van der Waals surface area contributed by atoms with Crippen molar-refractivity contribution in [3.8, 4) is 0 Å². The van der Waals surface area contributed by atoms with Crippen molar-refractivity contribution in [3.63, 3.8) is 0 Å².